The first-order valence-corrected chi connectivity index (χ1v) is 17.1. The second-order valence-corrected chi connectivity index (χ2v) is 12.8. The van der Waals surface area contributed by atoms with Gasteiger partial charge in [0.1, 0.15) is 23.0 Å². The number of hydrogen-bond donors (Lipinski definition) is 0. The second kappa shape index (κ2) is 11.9. The van der Waals surface area contributed by atoms with Crippen LogP contribution in [0.1, 0.15) is 0 Å². The molecule has 3 heterocycles. The minimum atomic E-state index is 0.734. The minimum absolute atomic E-state index is 0.734. The lowest BCUT2D eigenvalue weighted by Crippen LogP contribution is -1.98. The molecular formula is C47H30N2O2. The van der Waals surface area contributed by atoms with Crippen LogP contribution in [0.2, 0.25) is 0 Å². The summed E-state index contributed by atoms with van der Waals surface area (Å²) in [4.78, 5) is 4.61. The number of rotatable bonds is 3. The average molecular weight is 655 g/mol. The SMILES string of the molecule is c1ccc(-n2c3ccccc3c3cc(-c4ccc5c(c4)Oc4ccccc4-c4ccccc4Oc4cc(-c6ccccn6)ccc4-5)ccc32)cc1. The molecule has 10 rings (SSSR count). The van der Waals surface area contributed by atoms with Gasteiger partial charge in [-0.2, -0.15) is 0 Å². The fourth-order valence-electron chi connectivity index (χ4n) is 7.33. The lowest BCUT2D eigenvalue weighted by molar-refractivity contribution is 0.472. The van der Waals surface area contributed by atoms with E-state index in [-0.39, 0.29) is 0 Å². The van der Waals surface area contributed by atoms with E-state index < -0.39 is 0 Å². The number of fused-ring (bicyclic) bond motifs is 9. The van der Waals surface area contributed by atoms with E-state index in [4.69, 9.17) is 9.47 Å². The van der Waals surface area contributed by atoms with Crippen LogP contribution in [0.4, 0.5) is 0 Å². The molecule has 0 spiro atoms. The standard InChI is InChI=1S/C47H30N2O2/c1-2-12-34(13-3-1)49-42-18-7-4-14-35(42)40-28-31(23-26-43(40)49)32-21-24-38-39-25-22-33(41-17-10-11-27-48-41)30-47(39)51-45-20-9-6-16-37(45)36-15-5-8-19-44(36)50-46(38)29-32/h1-30H. The normalized spacial score (nSPS) is 11.8. The van der Waals surface area contributed by atoms with Gasteiger partial charge < -0.3 is 14.0 Å². The third kappa shape index (κ3) is 4.96. The summed E-state index contributed by atoms with van der Waals surface area (Å²) in [6.45, 7) is 0. The molecule has 0 N–H and O–H groups in total. The smallest absolute Gasteiger partial charge is 0.136 e. The zero-order valence-corrected chi connectivity index (χ0v) is 27.5. The summed E-state index contributed by atoms with van der Waals surface area (Å²) < 4.78 is 16.2. The molecule has 51 heavy (non-hydrogen) atoms. The summed E-state index contributed by atoms with van der Waals surface area (Å²) in [6.07, 6.45) is 1.82. The maximum Gasteiger partial charge on any atom is 0.136 e. The predicted octanol–water partition coefficient (Wildman–Crippen LogP) is 12.7. The van der Waals surface area contributed by atoms with Crippen molar-refractivity contribution in [1.82, 2.24) is 9.55 Å². The van der Waals surface area contributed by atoms with Crippen molar-refractivity contribution < 1.29 is 9.47 Å². The van der Waals surface area contributed by atoms with E-state index in [2.05, 4.69) is 131 Å². The lowest BCUT2D eigenvalue weighted by Gasteiger charge is -2.22. The van der Waals surface area contributed by atoms with Crippen LogP contribution >= 0.6 is 0 Å². The van der Waals surface area contributed by atoms with Gasteiger partial charge in [-0.15, -0.1) is 0 Å². The van der Waals surface area contributed by atoms with E-state index in [1.54, 1.807) is 0 Å². The summed E-state index contributed by atoms with van der Waals surface area (Å²) in [5.74, 6) is 3.01. The highest BCUT2D eigenvalue weighted by atomic mass is 16.5. The van der Waals surface area contributed by atoms with Crippen LogP contribution in [-0.4, -0.2) is 9.55 Å². The third-order valence-electron chi connectivity index (χ3n) is 9.74. The molecule has 4 nitrogen and oxygen atoms in total. The summed E-state index contributed by atoms with van der Waals surface area (Å²) >= 11 is 0. The summed E-state index contributed by atoms with van der Waals surface area (Å²) in [7, 11) is 0. The van der Waals surface area contributed by atoms with Crippen molar-refractivity contribution in [1.29, 1.82) is 0 Å². The molecule has 0 amide bonds. The Bertz CT molecular complexity index is 2750. The van der Waals surface area contributed by atoms with Gasteiger partial charge in [-0.25, -0.2) is 0 Å². The van der Waals surface area contributed by atoms with Crippen molar-refractivity contribution in [3.05, 3.63) is 182 Å². The van der Waals surface area contributed by atoms with Crippen molar-refractivity contribution >= 4 is 21.8 Å². The highest BCUT2D eigenvalue weighted by molar-refractivity contribution is 6.10. The van der Waals surface area contributed by atoms with Crippen LogP contribution < -0.4 is 9.47 Å². The van der Waals surface area contributed by atoms with Gasteiger partial charge in [0.2, 0.25) is 0 Å². The predicted molar refractivity (Wildman–Crippen MR) is 207 cm³/mol. The first kappa shape index (κ1) is 29.0. The van der Waals surface area contributed by atoms with Gasteiger partial charge in [0, 0.05) is 50.5 Å². The molecule has 9 aromatic rings. The van der Waals surface area contributed by atoms with Crippen LogP contribution in [0.5, 0.6) is 23.0 Å². The zero-order chi connectivity index (χ0) is 33.7. The molecule has 0 saturated heterocycles. The highest BCUT2D eigenvalue weighted by Crippen LogP contribution is 2.48. The van der Waals surface area contributed by atoms with Gasteiger partial charge in [0.25, 0.3) is 0 Å². The number of aromatic nitrogens is 2. The molecule has 7 aromatic carbocycles. The van der Waals surface area contributed by atoms with Crippen LogP contribution in [0.3, 0.4) is 0 Å². The topological polar surface area (TPSA) is 36.3 Å². The van der Waals surface area contributed by atoms with Crippen molar-refractivity contribution in [2.45, 2.75) is 0 Å². The van der Waals surface area contributed by atoms with Gasteiger partial charge >= 0.3 is 0 Å². The molecular weight excluding hydrogens is 625 g/mol. The molecule has 4 heteroatoms. The van der Waals surface area contributed by atoms with Crippen molar-refractivity contribution in [2.24, 2.45) is 0 Å². The number of nitrogens with zero attached hydrogens (tertiary/aromatic N) is 2. The molecule has 0 radical (unpaired) electrons. The Morgan fingerprint density at radius 1 is 0.373 bits per heavy atom. The van der Waals surface area contributed by atoms with E-state index in [0.717, 1.165) is 73.3 Å². The maximum absolute atomic E-state index is 6.96. The molecule has 0 saturated carbocycles. The van der Waals surface area contributed by atoms with E-state index in [0.29, 0.717) is 0 Å². The molecule has 0 unspecified atom stereocenters. The second-order valence-electron chi connectivity index (χ2n) is 12.8. The summed E-state index contributed by atoms with van der Waals surface area (Å²) in [5.41, 5.74) is 11.3. The Morgan fingerprint density at radius 3 is 1.65 bits per heavy atom. The van der Waals surface area contributed by atoms with Crippen LogP contribution in [0, 0.1) is 0 Å². The van der Waals surface area contributed by atoms with Crippen molar-refractivity contribution in [3.8, 4) is 73.3 Å². The number of pyridine rings is 1. The maximum atomic E-state index is 6.96. The van der Waals surface area contributed by atoms with E-state index in [9.17, 15) is 0 Å². The van der Waals surface area contributed by atoms with Gasteiger partial charge in [0.15, 0.2) is 0 Å². The van der Waals surface area contributed by atoms with Gasteiger partial charge in [0.05, 0.1) is 16.7 Å². The fourth-order valence-corrected chi connectivity index (χ4v) is 7.33. The Morgan fingerprint density at radius 2 is 0.922 bits per heavy atom. The zero-order valence-electron chi connectivity index (χ0n) is 27.5. The number of hydrogen-bond acceptors (Lipinski definition) is 3. The monoisotopic (exact) mass is 654 g/mol. The first-order valence-electron chi connectivity index (χ1n) is 17.1. The van der Waals surface area contributed by atoms with E-state index in [1.165, 1.54) is 21.8 Å². The Kier molecular flexibility index (Phi) is 6.78. The number of ether oxygens (including phenoxy) is 2. The largest absolute Gasteiger partial charge is 0.456 e. The Hall–Kier alpha value is -6.91. The highest BCUT2D eigenvalue weighted by Gasteiger charge is 2.22. The molecule has 0 bridgehead atoms. The van der Waals surface area contributed by atoms with E-state index in [1.807, 2.05) is 60.8 Å². The summed E-state index contributed by atoms with van der Waals surface area (Å²) in [6, 6.07) is 61.0. The summed E-state index contributed by atoms with van der Waals surface area (Å²) in [5, 5.41) is 2.42. The molecule has 240 valence electrons. The van der Waals surface area contributed by atoms with Crippen molar-refractivity contribution in [3.63, 3.8) is 0 Å². The Balaban J connectivity index is 1.17. The van der Waals surface area contributed by atoms with Gasteiger partial charge in [-0.05, 0) is 90.0 Å². The van der Waals surface area contributed by atoms with Crippen LogP contribution in [-0.2, 0) is 0 Å². The quantitative estimate of drug-likeness (QED) is 0.190. The van der Waals surface area contributed by atoms with Gasteiger partial charge in [-0.1, -0.05) is 97.1 Å². The molecule has 0 atom stereocenters. The Labute approximate surface area is 295 Å². The molecule has 0 aliphatic carbocycles. The number of benzene rings is 7. The number of para-hydroxylation sites is 4. The molecule has 2 aromatic heterocycles. The average Bonchev–Trinajstić information content (AvgIpc) is 3.53. The fraction of sp³-hybridized carbons (Fsp3) is 0. The lowest BCUT2D eigenvalue weighted by atomic mass is 9.95. The van der Waals surface area contributed by atoms with Crippen LogP contribution in [0.25, 0.3) is 72.1 Å². The van der Waals surface area contributed by atoms with Gasteiger partial charge in [-0.3, -0.25) is 4.98 Å². The molecule has 1 aliphatic heterocycles. The first-order chi connectivity index (χ1) is 25.3. The minimum Gasteiger partial charge on any atom is -0.456 e. The third-order valence-corrected chi connectivity index (χ3v) is 9.74. The molecule has 1 aliphatic rings. The molecule has 0 fully saturated rings. The van der Waals surface area contributed by atoms with Crippen molar-refractivity contribution in [2.75, 3.05) is 0 Å². The van der Waals surface area contributed by atoms with Crippen LogP contribution in [0.15, 0.2) is 182 Å². The van der Waals surface area contributed by atoms with E-state index >= 15 is 0 Å².